The largest absolute Gasteiger partial charge is 0.467 e. The lowest BCUT2D eigenvalue weighted by Gasteiger charge is -2.28. The van der Waals surface area contributed by atoms with E-state index in [1.165, 1.54) is 32.1 Å². The summed E-state index contributed by atoms with van der Waals surface area (Å²) in [6.07, 6.45) is 0.599. The van der Waals surface area contributed by atoms with Gasteiger partial charge in [0, 0.05) is 24.8 Å². The van der Waals surface area contributed by atoms with Gasteiger partial charge in [-0.15, -0.1) is 0 Å². The Labute approximate surface area is 168 Å². The van der Waals surface area contributed by atoms with Crippen molar-refractivity contribution in [2.24, 2.45) is 0 Å². The summed E-state index contributed by atoms with van der Waals surface area (Å²) < 4.78 is 10.8. The molecule has 11 heteroatoms. The van der Waals surface area contributed by atoms with Gasteiger partial charge in [0.05, 0.1) is 7.11 Å². The normalized spacial score (nSPS) is 12.1. The molecular weight excluding hydrogens is 384 g/mol. The number of aromatic amines is 1. The molecular formula is C18H28N4O7. The number of aryl methyl sites for hydroxylation is 1. The number of hydrogen-bond acceptors (Lipinski definition) is 7. The molecule has 1 aromatic rings. The summed E-state index contributed by atoms with van der Waals surface area (Å²) in [5.74, 6) is -1.22. The third kappa shape index (κ3) is 7.43. The van der Waals surface area contributed by atoms with Crippen molar-refractivity contribution in [1.29, 1.82) is 0 Å². The number of H-pyrrole nitrogens is 1. The second kappa shape index (κ2) is 9.89. The van der Waals surface area contributed by atoms with Crippen LogP contribution in [0.15, 0.2) is 15.8 Å². The molecule has 11 nitrogen and oxygen atoms in total. The highest BCUT2D eigenvalue weighted by Gasteiger charge is 2.27. The second-order valence-electron chi connectivity index (χ2n) is 7.41. The van der Waals surface area contributed by atoms with Gasteiger partial charge < -0.3 is 19.7 Å². The van der Waals surface area contributed by atoms with Crippen LogP contribution in [0.1, 0.15) is 33.3 Å². The van der Waals surface area contributed by atoms with Gasteiger partial charge in [0.2, 0.25) is 5.91 Å². The van der Waals surface area contributed by atoms with Crippen LogP contribution in [0.5, 0.6) is 0 Å². The first kappa shape index (κ1) is 23.9. The Bertz CT molecular complexity index is 866. The van der Waals surface area contributed by atoms with Crippen LogP contribution in [0.4, 0.5) is 4.79 Å². The first-order valence-electron chi connectivity index (χ1n) is 9.00. The second-order valence-corrected chi connectivity index (χ2v) is 7.41. The van der Waals surface area contributed by atoms with E-state index < -0.39 is 47.4 Å². The quantitative estimate of drug-likeness (QED) is 0.589. The predicted octanol–water partition coefficient (Wildman–Crippen LogP) is -0.240. The van der Waals surface area contributed by atoms with Crippen molar-refractivity contribution in [3.8, 4) is 0 Å². The molecule has 0 bridgehead atoms. The maximum absolute atomic E-state index is 12.7. The lowest BCUT2D eigenvalue weighted by Crippen LogP contribution is -2.49. The number of methoxy groups -OCH3 is 1. The van der Waals surface area contributed by atoms with Gasteiger partial charge in [0.1, 0.15) is 18.2 Å². The number of alkyl carbamates (subject to hydrolysis) is 1. The molecule has 1 rings (SSSR count). The summed E-state index contributed by atoms with van der Waals surface area (Å²) in [6, 6.07) is -0.951. The molecule has 0 spiro atoms. The highest BCUT2D eigenvalue weighted by Crippen LogP contribution is 2.07. The van der Waals surface area contributed by atoms with Crippen molar-refractivity contribution >= 4 is 18.0 Å². The number of carbonyl (C=O) groups is 3. The molecule has 1 heterocycles. The molecule has 1 aromatic heterocycles. The van der Waals surface area contributed by atoms with Crippen LogP contribution >= 0.6 is 0 Å². The summed E-state index contributed by atoms with van der Waals surface area (Å²) in [4.78, 5) is 63.1. The van der Waals surface area contributed by atoms with Gasteiger partial charge in [-0.3, -0.25) is 19.1 Å². The van der Waals surface area contributed by atoms with E-state index in [1.807, 2.05) is 0 Å². The molecule has 0 saturated heterocycles. The Morgan fingerprint density at radius 3 is 2.45 bits per heavy atom. The topological polar surface area (TPSA) is 140 Å². The van der Waals surface area contributed by atoms with Crippen LogP contribution in [0, 0.1) is 6.92 Å². The van der Waals surface area contributed by atoms with Crippen LogP contribution in [-0.2, 0) is 25.6 Å². The molecule has 2 N–H and O–H groups in total. The molecule has 0 aliphatic rings. The van der Waals surface area contributed by atoms with Gasteiger partial charge in [-0.2, -0.15) is 0 Å². The zero-order valence-electron chi connectivity index (χ0n) is 17.5. The maximum Gasteiger partial charge on any atom is 0.407 e. The Morgan fingerprint density at radius 2 is 1.90 bits per heavy atom. The Balaban J connectivity index is 2.92. The van der Waals surface area contributed by atoms with Gasteiger partial charge in [0.15, 0.2) is 0 Å². The third-order valence-electron chi connectivity index (χ3n) is 3.85. The highest BCUT2D eigenvalue weighted by atomic mass is 16.6. The van der Waals surface area contributed by atoms with E-state index in [4.69, 9.17) is 4.74 Å². The van der Waals surface area contributed by atoms with Gasteiger partial charge in [0.25, 0.3) is 5.56 Å². The Kier molecular flexibility index (Phi) is 8.16. The van der Waals surface area contributed by atoms with Crippen molar-refractivity contribution < 1.29 is 23.9 Å². The number of carbonyl (C=O) groups excluding carboxylic acids is 3. The standard InChI is InChI=1S/C18H28N4O7/c1-11-9-21(16(26)20-14(11)24)10-13(23)22(12(2)15(25)28-6)8-7-19-17(27)29-18(3,4)5/h9,12H,7-8,10H2,1-6H3,(H,19,27)(H,20,24,26)/t12-/m0/s1. The number of esters is 1. The van der Waals surface area contributed by atoms with Crippen molar-refractivity contribution in [2.75, 3.05) is 20.2 Å². The zero-order chi connectivity index (χ0) is 22.4. The first-order valence-corrected chi connectivity index (χ1v) is 9.00. The predicted molar refractivity (Wildman–Crippen MR) is 103 cm³/mol. The molecule has 0 unspecified atom stereocenters. The average Bonchev–Trinajstić information content (AvgIpc) is 2.60. The molecule has 0 saturated carbocycles. The fraction of sp³-hybridized carbons (Fsp3) is 0.611. The van der Waals surface area contributed by atoms with Crippen molar-refractivity contribution in [3.63, 3.8) is 0 Å². The fourth-order valence-electron chi connectivity index (χ4n) is 2.40. The number of rotatable bonds is 7. The molecule has 0 aliphatic heterocycles. The Hall–Kier alpha value is -3.11. The molecule has 2 amide bonds. The Morgan fingerprint density at radius 1 is 1.28 bits per heavy atom. The molecule has 0 aliphatic carbocycles. The third-order valence-corrected chi connectivity index (χ3v) is 3.85. The number of nitrogens with one attached hydrogen (secondary N) is 2. The SMILES string of the molecule is COC(=O)[C@H](C)N(CCNC(=O)OC(C)(C)C)C(=O)Cn1cc(C)c(=O)[nH]c1=O. The zero-order valence-corrected chi connectivity index (χ0v) is 17.5. The molecule has 162 valence electrons. The number of aromatic nitrogens is 2. The van der Waals surface area contributed by atoms with E-state index >= 15 is 0 Å². The molecule has 0 fully saturated rings. The number of nitrogens with zero attached hydrogens (tertiary/aromatic N) is 2. The van der Waals surface area contributed by atoms with Crippen molar-refractivity contribution in [3.05, 3.63) is 32.6 Å². The molecule has 29 heavy (non-hydrogen) atoms. The minimum absolute atomic E-state index is 0.0154. The van der Waals surface area contributed by atoms with E-state index in [-0.39, 0.29) is 18.7 Å². The van der Waals surface area contributed by atoms with E-state index in [0.717, 1.165) is 4.57 Å². The van der Waals surface area contributed by atoms with Gasteiger partial charge in [-0.05, 0) is 34.6 Å². The number of ether oxygens (including phenoxy) is 2. The summed E-state index contributed by atoms with van der Waals surface area (Å²) in [5.41, 5.74) is -1.70. The van der Waals surface area contributed by atoms with Crippen molar-refractivity contribution in [2.45, 2.75) is 52.8 Å². The van der Waals surface area contributed by atoms with Gasteiger partial charge in [-0.25, -0.2) is 14.4 Å². The average molecular weight is 412 g/mol. The lowest BCUT2D eigenvalue weighted by atomic mass is 10.2. The first-order chi connectivity index (χ1) is 13.4. The fourth-order valence-corrected chi connectivity index (χ4v) is 2.40. The van der Waals surface area contributed by atoms with Crippen LogP contribution < -0.4 is 16.6 Å². The summed E-state index contributed by atoms with van der Waals surface area (Å²) in [5, 5.41) is 2.51. The minimum atomic E-state index is -0.951. The number of hydrogen-bond donors (Lipinski definition) is 2. The maximum atomic E-state index is 12.7. The minimum Gasteiger partial charge on any atom is -0.467 e. The summed E-state index contributed by atoms with van der Waals surface area (Å²) in [6.45, 7) is 7.71. The van der Waals surface area contributed by atoms with Crippen LogP contribution in [-0.4, -0.2) is 64.3 Å². The highest BCUT2D eigenvalue weighted by molar-refractivity contribution is 5.84. The molecule has 1 atom stereocenters. The molecule has 0 radical (unpaired) electrons. The van der Waals surface area contributed by atoms with Crippen LogP contribution in [0.25, 0.3) is 0 Å². The number of amides is 2. The monoisotopic (exact) mass is 412 g/mol. The summed E-state index contributed by atoms with van der Waals surface area (Å²) in [7, 11) is 1.19. The van der Waals surface area contributed by atoms with Crippen LogP contribution in [0.2, 0.25) is 0 Å². The summed E-state index contributed by atoms with van der Waals surface area (Å²) >= 11 is 0. The van der Waals surface area contributed by atoms with E-state index in [2.05, 4.69) is 15.0 Å². The lowest BCUT2D eigenvalue weighted by molar-refractivity contribution is -0.152. The van der Waals surface area contributed by atoms with Gasteiger partial charge >= 0.3 is 17.8 Å². The van der Waals surface area contributed by atoms with Gasteiger partial charge in [-0.1, -0.05) is 0 Å². The van der Waals surface area contributed by atoms with Crippen molar-refractivity contribution in [1.82, 2.24) is 19.8 Å². The van der Waals surface area contributed by atoms with E-state index in [9.17, 15) is 24.0 Å². The van der Waals surface area contributed by atoms with E-state index in [1.54, 1.807) is 20.8 Å². The smallest absolute Gasteiger partial charge is 0.407 e. The molecule has 0 aromatic carbocycles. The van der Waals surface area contributed by atoms with E-state index in [0.29, 0.717) is 0 Å². The van der Waals surface area contributed by atoms with Crippen LogP contribution in [0.3, 0.4) is 0 Å².